The molecule has 0 aromatic heterocycles. The SMILES string of the molecule is CN1CCC(Nc2ccc(C(=O)O)cc2Cl)CC1. The van der Waals surface area contributed by atoms with Crippen molar-refractivity contribution < 1.29 is 9.90 Å². The Hall–Kier alpha value is -1.26. The number of benzene rings is 1. The van der Waals surface area contributed by atoms with Gasteiger partial charge in [0, 0.05) is 6.04 Å². The fourth-order valence-corrected chi connectivity index (χ4v) is 2.37. The lowest BCUT2D eigenvalue weighted by atomic mass is 10.0. The van der Waals surface area contributed by atoms with E-state index in [2.05, 4.69) is 17.3 Å². The molecule has 0 atom stereocenters. The number of carboxylic acids is 1. The molecular formula is C13H17ClN2O2. The topological polar surface area (TPSA) is 52.6 Å². The Morgan fingerprint density at radius 3 is 2.67 bits per heavy atom. The van der Waals surface area contributed by atoms with Gasteiger partial charge >= 0.3 is 5.97 Å². The van der Waals surface area contributed by atoms with Gasteiger partial charge in [0.1, 0.15) is 0 Å². The van der Waals surface area contributed by atoms with E-state index in [9.17, 15) is 4.79 Å². The molecule has 98 valence electrons. The van der Waals surface area contributed by atoms with Gasteiger partial charge in [0.2, 0.25) is 0 Å². The van der Waals surface area contributed by atoms with Crippen molar-refractivity contribution in [2.24, 2.45) is 0 Å². The quantitative estimate of drug-likeness (QED) is 0.885. The van der Waals surface area contributed by atoms with Crippen LogP contribution >= 0.6 is 11.6 Å². The number of aromatic carboxylic acids is 1. The summed E-state index contributed by atoms with van der Waals surface area (Å²) in [5, 5.41) is 12.7. The van der Waals surface area contributed by atoms with Crippen LogP contribution in [0.15, 0.2) is 18.2 Å². The number of anilines is 1. The van der Waals surface area contributed by atoms with Crippen LogP contribution in [0.5, 0.6) is 0 Å². The third-order valence-corrected chi connectivity index (χ3v) is 3.61. The van der Waals surface area contributed by atoms with Gasteiger partial charge < -0.3 is 15.3 Å². The normalized spacial score (nSPS) is 17.7. The predicted molar refractivity (Wildman–Crippen MR) is 72.6 cm³/mol. The molecule has 1 aromatic carbocycles. The zero-order valence-corrected chi connectivity index (χ0v) is 11.1. The Kier molecular flexibility index (Phi) is 4.09. The molecule has 0 radical (unpaired) electrons. The molecule has 4 nitrogen and oxygen atoms in total. The molecule has 0 saturated carbocycles. The average molecular weight is 269 g/mol. The highest BCUT2D eigenvalue weighted by Crippen LogP contribution is 2.25. The van der Waals surface area contributed by atoms with E-state index in [-0.39, 0.29) is 5.56 Å². The molecule has 0 unspecified atom stereocenters. The second kappa shape index (κ2) is 5.59. The maximum absolute atomic E-state index is 10.8. The molecule has 0 aliphatic carbocycles. The van der Waals surface area contributed by atoms with E-state index in [1.165, 1.54) is 6.07 Å². The van der Waals surface area contributed by atoms with Gasteiger partial charge in [0.05, 0.1) is 16.3 Å². The van der Waals surface area contributed by atoms with Gasteiger partial charge in [-0.25, -0.2) is 4.79 Å². The number of hydrogen-bond acceptors (Lipinski definition) is 3. The van der Waals surface area contributed by atoms with E-state index >= 15 is 0 Å². The molecule has 0 spiro atoms. The Labute approximate surface area is 112 Å². The van der Waals surface area contributed by atoms with Crippen molar-refractivity contribution in [3.63, 3.8) is 0 Å². The molecule has 0 amide bonds. The van der Waals surface area contributed by atoms with Crippen molar-refractivity contribution >= 4 is 23.3 Å². The van der Waals surface area contributed by atoms with Gasteiger partial charge in [0.25, 0.3) is 0 Å². The molecule has 5 heteroatoms. The third-order valence-electron chi connectivity index (χ3n) is 3.29. The zero-order chi connectivity index (χ0) is 13.1. The lowest BCUT2D eigenvalue weighted by Crippen LogP contribution is -2.36. The number of nitrogens with zero attached hydrogens (tertiary/aromatic N) is 1. The first kappa shape index (κ1) is 13.2. The van der Waals surface area contributed by atoms with E-state index in [1.807, 2.05) is 0 Å². The Bertz CT molecular complexity index is 443. The third kappa shape index (κ3) is 3.15. The first-order chi connectivity index (χ1) is 8.56. The first-order valence-corrected chi connectivity index (χ1v) is 6.42. The van der Waals surface area contributed by atoms with Crippen LogP contribution in [0.4, 0.5) is 5.69 Å². The van der Waals surface area contributed by atoms with Gasteiger partial charge in [-0.2, -0.15) is 0 Å². The fourth-order valence-electron chi connectivity index (χ4n) is 2.14. The highest BCUT2D eigenvalue weighted by molar-refractivity contribution is 6.33. The van der Waals surface area contributed by atoms with Crippen LogP contribution in [0.1, 0.15) is 23.2 Å². The molecule has 0 bridgehead atoms. The lowest BCUT2D eigenvalue weighted by molar-refractivity contribution is 0.0697. The van der Waals surface area contributed by atoms with Gasteiger partial charge in [-0.3, -0.25) is 0 Å². The van der Waals surface area contributed by atoms with Crippen LogP contribution in [0.3, 0.4) is 0 Å². The van der Waals surface area contributed by atoms with Crippen LogP contribution < -0.4 is 5.32 Å². The summed E-state index contributed by atoms with van der Waals surface area (Å²) in [6, 6.07) is 5.21. The maximum atomic E-state index is 10.8. The van der Waals surface area contributed by atoms with Crippen molar-refractivity contribution in [3.8, 4) is 0 Å². The van der Waals surface area contributed by atoms with Gasteiger partial charge in [-0.15, -0.1) is 0 Å². The molecule has 1 heterocycles. The molecule has 1 aromatic rings. The number of nitrogens with one attached hydrogen (secondary N) is 1. The van der Waals surface area contributed by atoms with Crippen LogP contribution in [0.2, 0.25) is 5.02 Å². The van der Waals surface area contributed by atoms with E-state index in [4.69, 9.17) is 16.7 Å². The van der Waals surface area contributed by atoms with E-state index in [0.717, 1.165) is 31.6 Å². The fraction of sp³-hybridized carbons (Fsp3) is 0.462. The highest BCUT2D eigenvalue weighted by Gasteiger charge is 2.17. The molecule has 18 heavy (non-hydrogen) atoms. The van der Waals surface area contributed by atoms with Gasteiger partial charge in [-0.05, 0) is 51.2 Å². The van der Waals surface area contributed by atoms with Crippen LogP contribution in [0, 0.1) is 0 Å². The maximum Gasteiger partial charge on any atom is 0.335 e. The number of piperidine rings is 1. The van der Waals surface area contributed by atoms with E-state index in [0.29, 0.717) is 11.1 Å². The van der Waals surface area contributed by atoms with Crippen molar-refractivity contribution in [2.45, 2.75) is 18.9 Å². The Morgan fingerprint density at radius 2 is 2.11 bits per heavy atom. The van der Waals surface area contributed by atoms with Crippen molar-refractivity contribution in [1.29, 1.82) is 0 Å². The summed E-state index contributed by atoms with van der Waals surface area (Å²) in [6.07, 6.45) is 2.15. The second-order valence-electron chi connectivity index (χ2n) is 4.72. The lowest BCUT2D eigenvalue weighted by Gasteiger charge is -2.30. The zero-order valence-electron chi connectivity index (χ0n) is 10.3. The van der Waals surface area contributed by atoms with Crippen LogP contribution in [0.25, 0.3) is 0 Å². The van der Waals surface area contributed by atoms with Crippen molar-refractivity contribution in [3.05, 3.63) is 28.8 Å². The first-order valence-electron chi connectivity index (χ1n) is 6.04. The molecule has 1 fully saturated rings. The summed E-state index contributed by atoms with van der Waals surface area (Å²) in [6.45, 7) is 2.14. The second-order valence-corrected chi connectivity index (χ2v) is 5.13. The Morgan fingerprint density at radius 1 is 1.44 bits per heavy atom. The monoisotopic (exact) mass is 268 g/mol. The van der Waals surface area contributed by atoms with Crippen molar-refractivity contribution in [2.75, 3.05) is 25.5 Å². The molecule has 2 rings (SSSR count). The highest BCUT2D eigenvalue weighted by atomic mass is 35.5. The van der Waals surface area contributed by atoms with E-state index < -0.39 is 5.97 Å². The molecular weight excluding hydrogens is 252 g/mol. The largest absolute Gasteiger partial charge is 0.478 e. The summed E-state index contributed by atoms with van der Waals surface area (Å²) in [5.74, 6) is -0.956. The molecule has 2 N–H and O–H groups in total. The number of hydrogen-bond donors (Lipinski definition) is 2. The van der Waals surface area contributed by atoms with Crippen LogP contribution in [-0.4, -0.2) is 42.2 Å². The number of rotatable bonds is 3. The summed E-state index contributed by atoms with van der Waals surface area (Å²) < 4.78 is 0. The molecule has 1 saturated heterocycles. The summed E-state index contributed by atoms with van der Waals surface area (Å²) in [7, 11) is 2.12. The van der Waals surface area contributed by atoms with Crippen LogP contribution in [-0.2, 0) is 0 Å². The van der Waals surface area contributed by atoms with E-state index in [1.54, 1.807) is 12.1 Å². The summed E-state index contributed by atoms with van der Waals surface area (Å²) in [5.41, 5.74) is 1.03. The predicted octanol–water partition coefficient (Wildman–Crippen LogP) is 2.54. The minimum atomic E-state index is -0.956. The average Bonchev–Trinajstić information content (AvgIpc) is 2.34. The molecule has 1 aliphatic rings. The summed E-state index contributed by atoms with van der Waals surface area (Å²) >= 11 is 6.09. The standard InChI is InChI=1S/C13H17ClN2O2/c1-16-6-4-10(5-7-16)15-12-3-2-9(13(17)18)8-11(12)14/h2-3,8,10,15H,4-7H2,1H3,(H,17,18). The van der Waals surface area contributed by atoms with Gasteiger partial charge in [-0.1, -0.05) is 11.6 Å². The van der Waals surface area contributed by atoms with Gasteiger partial charge in [0.15, 0.2) is 0 Å². The number of halogens is 1. The molecule has 1 aliphatic heterocycles. The summed E-state index contributed by atoms with van der Waals surface area (Å²) in [4.78, 5) is 13.1. The Balaban J connectivity index is 2.03. The number of carbonyl (C=O) groups is 1. The number of likely N-dealkylation sites (tertiary alicyclic amines) is 1. The van der Waals surface area contributed by atoms with Crippen molar-refractivity contribution in [1.82, 2.24) is 4.90 Å². The smallest absolute Gasteiger partial charge is 0.335 e. The minimum Gasteiger partial charge on any atom is -0.478 e. The minimum absolute atomic E-state index is 0.217. The number of carboxylic acid groups (broad SMARTS) is 1.